The monoisotopic (exact) mass is 332 g/mol. The average molecular weight is 332 g/mol. The van der Waals surface area contributed by atoms with Crippen molar-refractivity contribution in [3.8, 4) is 0 Å². The zero-order valence-corrected chi connectivity index (χ0v) is 13.8. The number of carbonyl (C=O) groups is 1. The van der Waals surface area contributed by atoms with Gasteiger partial charge in [-0.3, -0.25) is 4.79 Å². The molecule has 6 aliphatic rings. The summed E-state index contributed by atoms with van der Waals surface area (Å²) in [4.78, 5) is 12.8. The van der Waals surface area contributed by atoms with Crippen LogP contribution in [0.3, 0.4) is 0 Å². The van der Waals surface area contributed by atoms with Crippen LogP contribution in [0.25, 0.3) is 0 Å². The smallest absolute Gasteiger partial charge is 0.317 e. The number of aliphatic hydroxyl groups excluding tert-OH is 2. The third kappa shape index (κ3) is 1.42. The minimum absolute atomic E-state index is 0.154. The van der Waals surface area contributed by atoms with E-state index < -0.39 is 28.6 Å². The van der Waals surface area contributed by atoms with Crippen molar-refractivity contribution in [3.05, 3.63) is 24.3 Å². The zero-order valence-electron chi connectivity index (χ0n) is 13.8. The molecule has 1 spiro atoms. The zero-order chi connectivity index (χ0) is 16.9. The van der Waals surface area contributed by atoms with Crippen LogP contribution in [0.4, 0.5) is 0 Å². The third-order valence-electron chi connectivity index (χ3n) is 7.93. The van der Waals surface area contributed by atoms with E-state index in [0.29, 0.717) is 25.7 Å². The first kappa shape index (κ1) is 15.1. The molecule has 24 heavy (non-hydrogen) atoms. The van der Waals surface area contributed by atoms with Crippen molar-refractivity contribution in [2.24, 2.45) is 28.6 Å². The summed E-state index contributed by atoms with van der Waals surface area (Å²) >= 11 is 0. The SMILES string of the molecule is C[C@]12C=C[C@H]3[C@@H](CC(O)C4CC5C=CC43C(=O)O5)[C@@]1(O)CC[C@H]2O. The van der Waals surface area contributed by atoms with Gasteiger partial charge in [-0.1, -0.05) is 25.2 Å². The van der Waals surface area contributed by atoms with E-state index in [1.165, 1.54) is 0 Å². The molecule has 9 atom stereocenters. The van der Waals surface area contributed by atoms with Crippen LogP contribution in [-0.4, -0.2) is 45.2 Å². The fourth-order valence-corrected chi connectivity index (χ4v) is 6.48. The highest BCUT2D eigenvalue weighted by Crippen LogP contribution is 2.66. The Bertz CT molecular complexity index is 671. The van der Waals surface area contributed by atoms with Crippen molar-refractivity contribution in [2.75, 3.05) is 0 Å². The number of rotatable bonds is 0. The number of hydrogen-bond acceptors (Lipinski definition) is 5. The number of fused-ring (bicyclic) bond motifs is 4. The van der Waals surface area contributed by atoms with Crippen LogP contribution < -0.4 is 0 Å². The lowest BCUT2D eigenvalue weighted by atomic mass is 9.45. The molecule has 0 aromatic heterocycles. The molecule has 5 heteroatoms. The lowest BCUT2D eigenvalue weighted by molar-refractivity contribution is -0.216. The molecule has 0 radical (unpaired) electrons. The second-order valence-electron chi connectivity index (χ2n) is 8.63. The average Bonchev–Trinajstić information content (AvgIpc) is 2.80. The van der Waals surface area contributed by atoms with Crippen LogP contribution >= 0.6 is 0 Å². The Morgan fingerprint density at radius 1 is 1.17 bits per heavy atom. The number of carbonyl (C=O) groups excluding carboxylic acids is 1. The molecule has 2 saturated carbocycles. The first-order chi connectivity index (χ1) is 11.3. The van der Waals surface area contributed by atoms with E-state index in [0.717, 1.165) is 0 Å². The Morgan fingerprint density at radius 3 is 2.71 bits per heavy atom. The topological polar surface area (TPSA) is 87.0 Å². The van der Waals surface area contributed by atoms with Crippen molar-refractivity contribution in [2.45, 2.75) is 56.5 Å². The maximum atomic E-state index is 12.8. The first-order valence-corrected chi connectivity index (χ1v) is 9.01. The molecular formula is C19H24O5. The van der Waals surface area contributed by atoms with Gasteiger partial charge in [0, 0.05) is 17.3 Å². The summed E-state index contributed by atoms with van der Waals surface area (Å²) < 4.78 is 5.53. The molecule has 0 amide bonds. The molecule has 130 valence electrons. The maximum Gasteiger partial charge on any atom is 0.317 e. The Morgan fingerprint density at radius 2 is 1.96 bits per heavy atom. The fraction of sp³-hybridized carbons (Fsp3) is 0.737. The van der Waals surface area contributed by atoms with Crippen LogP contribution in [0, 0.1) is 28.6 Å². The minimum Gasteiger partial charge on any atom is -0.457 e. The largest absolute Gasteiger partial charge is 0.457 e. The van der Waals surface area contributed by atoms with E-state index >= 15 is 0 Å². The van der Waals surface area contributed by atoms with Crippen LogP contribution in [-0.2, 0) is 9.53 Å². The summed E-state index contributed by atoms with van der Waals surface area (Å²) in [5.41, 5.74) is -2.70. The van der Waals surface area contributed by atoms with Gasteiger partial charge in [0.15, 0.2) is 0 Å². The molecule has 4 aliphatic carbocycles. The predicted molar refractivity (Wildman–Crippen MR) is 84.6 cm³/mol. The summed E-state index contributed by atoms with van der Waals surface area (Å²) in [5, 5.41) is 32.8. The summed E-state index contributed by atoms with van der Waals surface area (Å²) in [5.74, 6) is -0.878. The maximum absolute atomic E-state index is 12.8. The second kappa shape index (κ2) is 4.32. The van der Waals surface area contributed by atoms with Gasteiger partial charge < -0.3 is 20.1 Å². The molecule has 6 rings (SSSR count). The van der Waals surface area contributed by atoms with Gasteiger partial charge in [0.05, 0.1) is 23.2 Å². The van der Waals surface area contributed by atoms with Gasteiger partial charge >= 0.3 is 5.97 Å². The standard InChI is InChI=1S/C19H24O5/c1-17-5-3-11-12(19(17,23)7-4-15(17)21)9-14(20)13-8-10-2-6-18(11,13)16(22)24-10/h2-3,5-6,10-15,20-21,23H,4,7-9H2,1H3/t10?,11-,12+,13?,14?,15+,17+,18?,19-/m0/s1. The lowest BCUT2D eigenvalue weighted by Gasteiger charge is -2.62. The Balaban J connectivity index is 1.69. The number of esters is 1. The molecule has 3 fully saturated rings. The highest BCUT2D eigenvalue weighted by atomic mass is 16.5. The molecular weight excluding hydrogens is 308 g/mol. The van der Waals surface area contributed by atoms with Gasteiger partial charge in [-0.05, 0) is 37.7 Å². The van der Waals surface area contributed by atoms with E-state index in [-0.39, 0.29) is 29.8 Å². The molecule has 2 aliphatic heterocycles. The van der Waals surface area contributed by atoms with Gasteiger partial charge in [-0.2, -0.15) is 0 Å². The molecule has 2 heterocycles. The van der Waals surface area contributed by atoms with Gasteiger partial charge in [0.1, 0.15) is 6.10 Å². The highest BCUT2D eigenvalue weighted by molar-refractivity contribution is 5.83. The Kier molecular flexibility index (Phi) is 2.72. The van der Waals surface area contributed by atoms with E-state index in [9.17, 15) is 20.1 Å². The molecule has 0 aromatic carbocycles. The number of ether oxygens (including phenoxy) is 1. The summed E-state index contributed by atoms with van der Waals surface area (Å²) in [6.45, 7) is 1.89. The van der Waals surface area contributed by atoms with Crippen molar-refractivity contribution in [1.29, 1.82) is 0 Å². The molecule has 0 aromatic rings. The summed E-state index contributed by atoms with van der Waals surface area (Å²) in [7, 11) is 0. The van der Waals surface area contributed by atoms with Crippen LogP contribution in [0.2, 0.25) is 0 Å². The summed E-state index contributed by atoms with van der Waals surface area (Å²) in [6, 6.07) is 0. The van der Waals surface area contributed by atoms with E-state index in [1.807, 2.05) is 31.2 Å². The molecule has 4 unspecified atom stereocenters. The third-order valence-corrected chi connectivity index (χ3v) is 7.93. The number of aliphatic hydroxyl groups is 3. The highest BCUT2D eigenvalue weighted by Gasteiger charge is 2.70. The van der Waals surface area contributed by atoms with Gasteiger partial charge in [0.2, 0.25) is 0 Å². The second-order valence-corrected chi connectivity index (χ2v) is 8.63. The van der Waals surface area contributed by atoms with Crippen LogP contribution in [0.15, 0.2) is 24.3 Å². The van der Waals surface area contributed by atoms with Gasteiger partial charge in [-0.25, -0.2) is 0 Å². The van der Waals surface area contributed by atoms with E-state index in [4.69, 9.17) is 4.74 Å². The van der Waals surface area contributed by atoms with Crippen LogP contribution in [0.1, 0.15) is 32.6 Å². The van der Waals surface area contributed by atoms with Crippen molar-refractivity contribution in [1.82, 2.24) is 0 Å². The van der Waals surface area contributed by atoms with Gasteiger partial charge in [-0.15, -0.1) is 0 Å². The van der Waals surface area contributed by atoms with Crippen LogP contribution in [0.5, 0.6) is 0 Å². The number of allylic oxidation sites excluding steroid dienone is 1. The molecule has 1 saturated heterocycles. The van der Waals surface area contributed by atoms with Crippen molar-refractivity contribution < 1.29 is 24.9 Å². The first-order valence-electron chi connectivity index (χ1n) is 9.01. The predicted octanol–water partition coefficient (Wildman–Crippen LogP) is 0.933. The van der Waals surface area contributed by atoms with E-state index in [1.54, 1.807) is 0 Å². The molecule has 5 nitrogen and oxygen atoms in total. The summed E-state index contributed by atoms with van der Waals surface area (Å²) in [6.07, 6.45) is 8.46. The quantitative estimate of drug-likeness (QED) is 0.454. The minimum atomic E-state index is -1.10. The van der Waals surface area contributed by atoms with Crippen molar-refractivity contribution in [3.63, 3.8) is 0 Å². The van der Waals surface area contributed by atoms with Crippen molar-refractivity contribution >= 4 is 5.97 Å². The van der Waals surface area contributed by atoms with E-state index in [2.05, 4.69) is 0 Å². The Labute approximate surface area is 141 Å². The van der Waals surface area contributed by atoms with Gasteiger partial charge in [0.25, 0.3) is 0 Å². The fourth-order valence-electron chi connectivity index (χ4n) is 6.48. The molecule has 2 bridgehead atoms. The normalized spacial score (nSPS) is 60.4. The number of hydrogen-bond donors (Lipinski definition) is 3. The molecule has 3 N–H and O–H groups in total. The Hall–Kier alpha value is -1.17. The lowest BCUT2D eigenvalue weighted by Crippen LogP contribution is -2.67.